The maximum atomic E-state index is 11.4. The van der Waals surface area contributed by atoms with E-state index in [4.69, 9.17) is 0 Å². The molecular formula is C26H52N2O2. The van der Waals surface area contributed by atoms with Gasteiger partial charge in [-0.25, -0.2) is 0 Å². The van der Waals surface area contributed by atoms with E-state index in [1.54, 1.807) is 10.0 Å². The van der Waals surface area contributed by atoms with E-state index in [1.807, 2.05) is 0 Å². The van der Waals surface area contributed by atoms with Crippen molar-refractivity contribution in [2.45, 2.75) is 142 Å². The lowest BCUT2D eigenvalue weighted by atomic mass is 10.1. The van der Waals surface area contributed by atoms with Gasteiger partial charge < -0.3 is 0 Å². The average Bonchev–Trinajstić information content (AvgIpc) is 2.77. The summed E-state index contributed by atoms with van der Waals surface area (Å²) in [4.78, 5) is 22.8. The highest BCUT2D eigenvalue weighted by molar-refractivity contribution is 5.54. The Morgan fingerprint density at radius 3 is 0.867 bits per heavy atom. The number of hydrogen-bond donors (Lipinski definition) is 0. The highest BCUT2D eigenvalue weighted by Crippen LogP contribution is 2.12. The highest BCUT2D eigenvalue weighted by atomic mass is 16.2. The molecule has 0 heterocycles. The summed E-state index contributed by atoms with van der Waals surface area (Å²) in [6.07, 6.45) is 27.2. The fourth-order valence-electron chi connectivity index (χ4n) is 4.01. The quantitative estimate of drug-likeness (QED) is 0.0857. The van der Waals surface area contributed by atoms with Crippen LogP contribution in [0.4, 0.5) is 0 Å². The second-order valence-corrected chi connectivity index (χ2v) is 8.90. The molecule has 0 saturated heterocycles. The minimum atomic E-state index is 0.663. The van der Waals surface area contributed by atoms with Crippen LogP contribution in [0.3, 0.4) is 0 Å². The molecule has 4 nitrogen and oxygen atoms in total. The van der Waals surface area contributed by atoms with E-state index in [9.17, 15) is 9.59 Å². The van der Waals surface area contributed by atoms with Crippen LogP contribution in [0, 0.1) is 0 Å². The molecule has 0 aromatic heterocycles. The number of unbranched alkanes of at least 4 members (excludes halogenated alkanes) is 18. The van der Waals surface area contributed by atoms with Crippen molar-refractivity contribution in [2.75, 3.05) is 13.1 Å². The molecule has 0 atom stereocenters. The molecule has 0 spiro atoms. The fourth-order valence-corrected chi connectivity index (χ4v) is 4.01. The summed E-state index contributed by atoms with van der Waals surface area (Å²) in [5.74, 6) is 0. The number of carbonyl (C=O) groups is 2. The summed E-state index contributed by atoms with van der Waals surface area (Å²) in [7, 11) is 0. The van der Waals surface area contributed by atoms with Crippen LogP contribution >= 0.6 is 0 Å². The van der Waals surface area contributed by atoms with Gasteiger partial charge in [-0.05, 0) is 12.8 Å². The summed E-state index contributed by atoms with van der Waals surface area (Å²) < 4.78 is 0. The summed E-state index contributed by atoms with van der Waals surface area (Å²) in [5, 5.41) is 3.15. The number of carbonyl (C=O) groups excluding carboxylic acids is 2. The maximum absolute atomic E-state index is 11.4. The SMILES string of the molecule is CCCCCCCCCCCCN(C=O)N(C=O)CCCCCCCCCCCC. The predicted molar refractivity (Wildman–Crippen MR) is 129 cm³/mol. The van der Waals surface area contributed by atoms with E-state index in [1.165, 1.54) is 103 Å². The van der Waals surface area contributed by atoms with Crippen LogP contribution < -0.4 is 0 Å². The number of hydrogen-bond acceptors (Lipinski definition) is 2. The molecule has 30 heavy (non-hydrogen) atoms. The summed E-state index contributed by atoms with van der Waals surface area (Å²) in [5.41, 5.74) is 0. The lowest BCUT2D eigenvalue weighted by Crippen LogP contribution is -2.42. The molecule has 0 unspecified atom stereocenters. The number of rotatable bonds is 25. The standard InChI is InChI=1S/C26H52N2O2/c1-3-5-7-9-11-13-15-17-19-21-23-27(25-29)28(26-30)24-22-20-18-16-14-12-10-8-6-4-2/h25-26H,3-24H2,1-2H3. The van der Waals surface area contributed by atoms with Crippen LogP contribution in [-0.4, -0.2) is 35.9 Å². The fraction of sp³-hybridized carbons (Fsp3) is 0.923. The first-order valence-electron chi connectivity index (χ1n) is 13.2. The van der Waals surface area contributed by atoms with Crippen molar-refractivity contribution in [3.63, 3.8) is 0 Å². The third-order valence-corrected chi connectivity index (χ3v) is 6.05. The van der Waals surface area contributed by atoms with Crippen LogP contribution in [-0.2, 0) is 9.59 Å². The van der Waals surface area contributed by atoms with Gasteiger partial charge >= 0.3 is 0 Å². The lowest BCUT2D eigenvalue weighted by Gasteiger charge is -2.28. The lowest BCUT2D eigenvalue weighted by molar-refractivity contribution is -0.147. The van der Waals surface area contributed by atoms with Crippen LogP contribution in [0.25, 0.3) is 0 Å². The van der Waals surface area contributed by atoms with Gasteiger partial charge in [0.15, 0.2) is 0 Å². The largest absolute Gasteiger partial charge is 0.277 e. The van der Waals surface area contributed by atoms with Gasteiger partial charge in [0.1, 0.15) is 0 Å². The van der Waals surface area contributed by atoms with Gasteiger partial charge in [-0.3, -0.25) is 19.6 Å². The Morgan fingerprint density at radius 2 is 0.633 bits per heavy atom. The molecule has 4 heteroatoms. The van der Waals surface area contributed by atoms with Crippen LogP contribution in [0.1, 0.15) is 142 Å². The molecule has 0 N–H and O–H groups in total. The van der Waals surface area contributed by atoms with Crippen molar-refractivity contribution in [1.82, 2.24) is 10.0 Å². The Kier molecular flexibility index (Phi) is 23.4. The highest BCUT2D eigenvalue weighted by Gasteiger charge is 2.10. The zero-order valence-electron chi connectivity index (χ0n) is 20.4. The molecule has 0 bridgehead atoms. The van der Waals surface area contributed by atoms with Crippen molar-refractivity contribution >= 4 is 12.8 Å². The zero-order chi connectivity index (χ0) is 22.1. The van der Waals surface area contributed by atoms with E-state index < -0.39 is 0 Å². The molecule has 2 amide bonds. The van der Waals surface area contributed by atoms with E-state index in [0.717, 1.165) is 38.5 Å². The molecule has 0 aromatic carbocycles. The Balaban J connectivity index is 3.64. The van der Waals surface area contributed by atoms with Crippen molar-refractivity contribution in [2.24, 2.45) is 0 Å². The smallest absolute Gasteiger partial charge is 0.228 e. The van der Waals surface area contributed by atoms with Gasteiger partial charge in [-0.1, -0.05) is 129 Å². The monoisotopic (exact) mass is 424 g/mol. The van der Waals surface area contributed by atoms with Gasteiger partial charge in [0.05, 0.1) is 0 Å². The molecule has 0 aliphatic carbocycles. The molecule has 0 fully saturated rings. The summed E-state index contributed by atoms with van der Waals surface area (Å²) in [6, 6.07) is 0. The first kappa shape index (κ1) is 28.9. The van der Waals surface area contributed by atoms with E-state index in [2.05, 4.69) is 13.8 Å². The number of hydrazine groups is 1. The van der Waals surface area contributed by atoms with Crippen molar-refractivity contribution in [1.29, 1.82) is 0 Å². The van der Waals surface area contributed by atoms with Crippen LogP contribution in [0.2, 0.25) is 0 Å². The Hall–Kier alpha value is -1.06. The predicted octanol–water partition coefficient (Wildman–Crippen LogP) is 7.66. The molecule has 0 rings (SSSR count). The van der Waals surface area contributed by atoms with Crippen molar-refractivity contribution in [3.8, 4) is 0 Å². The second kappa shape index (κ2) is 24.2. The van der Waals surface area contributed by atoms with E-state index in [-0.39, 0.29) is 0 Å². The van der Waals surface area contributed by atoms with E-state index in [0.29, 0.717) is 13.1 Å². The first-order valence-corrected chi connectivity index (χ1v) is 13.2. The molecule has 0 aliphatic heterocycles. The van der Waals surface area contributed by atoms with Gasteiger partial charge in [0.2, 0.25) is 12.8 Å². The topological polar surface area (TPSA) is 40.6 Å². The first-order chi connectivity index (χ1) is 14.8. The van der Waals surface area contributed by atoms with E-state index >= 15 is 0 Å². The maximum Gasteiger partial charge on any atom is 0.228 e. The van der Waals surface area contributed by atoms with Crippen LogP contribution in [0.15, 0.2) is 0 Å². The van der Waals surface area contributed by atoms with Crippen molar-refractivity contribution < 1.29 is 9.59 Å². The Morgan fingerprint density at radius 1 is 0.400 bits per heavy atom. The number of nitrogens with zero attached hydrogens (tertiary/aromatic N) is 2. The minimum absolute atomic E-state index is 0.663. The Labute approximate surface area is 188 Å². The Bertz CT molecular complexity index is 329. The average molecular weight is 425 g/mol. The molecule has 0 aromatic rings. The molecular weight excluding hydrogens is 372 g/mol. The molecule has 0 saturated carbocycles. The van der Waals surface area contributed by atoms with Crippen LogP contribution in [0.5, 0.6) is 0 Å². The third kappa shape index (κ3) is 18.9. The third-order valence-electron chi connectivity index (χ3n) is 6.05. The van der Waals surface area contributed by atoms with Gasteiger partial charge in [-0.2, -0.15) is 0 Å². The van der Waals surface area contributed by atoms with Gasteiger partial charge in [-0.15, -0.1) is 0 Å². The van der Waals surface area contributed by atoms with Crippen molar-refractivity contribution in [3.05, 3.63) is 0 Å². The molecule has 0 radical (unpaired) electrons. The zero-order valence-corrected chi connectivity index (χ0v) is 20.4. The molecule has 0 aliphatic rings. The summed E-state index contributed by atoms with van der Waals surface area (Å²) >= 11 is 0. The number of amides is 2. The second-order valence-electron chi connectivity index (χ2n) is 8.90. The van der Waals surface area contributed by atoms with Gasteiger partial charge in [0, 0.05) is 13.1 Å². The summed E-state index contributed by atoms with van der Waals surface area (Å²) in [6.45, 7) is 5.84. The normalized spacial score (nSPS) is 10.9. The molecule has 178 valence electrons. The minimum Gasteiger partial charge on any atom is -0.277 e. The van der Waals surface area contributed by atoms with Gasteiger partial charge in [0.25, 0.3) is 0 Å².